The summed E-state index contributed by atoms with van der Waals surface area (Å²) < 4.78 is 0. The zero-order chi connectivity index (χ0) is 11.5. The number of nitrogens with zero attached hydrogens (tertiary/aromatic N) is 1. The van der Waals surface area contributed by atoms with Crippen molar-refractivity contribution in [2.75, 3.05) is 11.4 Å². The van der Waals surface area contributed by atoms with Crippen molar-refractivity contribution >= 4 is 5.69 Å². The van der Waals surface area contributed by atoms with Gasteiger partial charge in [-0.05, 0) is 50.8 Å². The lowest BCUT2D eigenvalue weighted by molar-refractivity contribution is 0.737. The molecule has 2 heteroatoms. The number of hydrogen-bond acceptors (Lipinski definition) is 2. The van der Waals surface area contributed by atoms with Gasteiger partial charge in [0.1, 0.15) is 0 Å². The van der Waals surface area contributed by atoms with E-state index in [0.29, 0.717) is 0 Å². The van der Waals surface area contributed by atoms with E-state index in [1.54, 1.807) is 0 Å². The highest BCUT2D eigenvalue weighted by Gasteiger charge is 2.27. The van der Waals surface area contributed by atoms with Crippen LogP contribution in [0.2, 0.25) is 0 Å². The van der Waals surface area contributed by atoms with E-state index in [1.165, 1.54) is 24.1 Å². The van der Waals surface area contributed by atoms with Crippen molar-refractivity contribution < 1.29 is 0 Å². The van der Waals surface area contributed by atoms with Crippen LogP contribution in [-0.4, -0.2) is 18.6 Å². The maximum atomic E-state index is 5.80. The molecule has 0 aliphatic heterocycles. The van der Waals surface area contributed by atoms with E-state index in [-0.39, 0.29) is 6.04 Å². The van der Waals surface area contributed by atoms with Crippen molar-refractivity contribution in [2.45, 2.75) is 45.2 Å². The Morgan fingerprint density at radius 2 is 1.94 bits per heavy atom. The predicted octanol–water partition coefficient (Wildman–Crippen LogP) is 2.57. The molecular weight excluding hydrogens is 196 g/mol. The van der Waals surface area contributed by atoms with Crippen molar-refractivity contribution in [2.24, 2.45) is 5.73 Å². The molecule has 0 radical (unpaired) electrons. The third-order valence-electron chi connectivity index (χ3n) is 3.15. The molecule has 88 valence electrons. The topological polar surface area (TPSA) is 29.3 Å². The maximum Gasteiger partial charge on any atom is 0.0368 e. The Bertz CT molecular complexity index is 325. The number of benzene rings is 1. The average Bonchev–Trinajstić information content (AvgIpc) is 3.05. The van der Waals surface area contributed by atoms with Crippen molar-refractivity contribution in [3.05, 3.63) is 29.8 Å². The van der Waals surface area contributed by atoms with Gasteiger partial charge in [0.05, 0.1) is 0 Å². The second-order valence-electron chi connectivity index (χ2n) is 4.87. The minimum atomic E-state index is 0.247. The summed E-state index contributed by atoms with van der Waals surface area (Å²) in [6.07, 6.45) is 3.68. The van der Waals surface area contributed by atoms with E-state index >= 15 is 0 Å². The largest absolute Gasteiger partial charge is 0.369 e. The highest BCUT2D eigenvalue weighted by molar-refractivity contribution is 5.49. The van der Waals surface area contributed by atoms with E-state index in [0.717, 1.165) is 19.0 Å². The van der Waals surface area contributed by atoms with Crippen LogP contribution in [0, 0.1) is 0 Å². The normalized spacial score (nSPS) is 17.2. The lowest BCUT2D eigenvalue weighted by Gasteiger charge is -2.23. The molecule has 1 saturated carbocycles. The second-order valence-corrected chi connectivity index (χ2v) is 4.87. The van der Waals surface area contributed by atoms with Gasteiger partial charge in [-0.15, -0.1) is 0 Å². The van der Waals surface area contributed by atoms with Crippen LogP contribution in [-0.2, 0) is 6.42 Å². The van der Waals surface area contributed by atoms with Gasteiger partial charge in [-0.3, -0.25) is 0 Å². The van der Waals surface area contributed by atoms with Crippen LogP contribution < -0.4 is 10.6 Å². The molecule has 1 aromatic rings. The first-order chi connectivity index (χ1) is 7.70. The standard InChI is InChI=1S/C14H22N2/c1-3-16(14-8-9-14)13-6-4-12(5-7-13)10-11(2)15/h4-7,11,14H,3,8-10,15H2,1-2H3. The zero-order valence-corrected chi connectivity index (χ0v) is 10.3. The molecule has 0 amide bonds. The minimum absolute atomic E-state index is 0.247. The molecule has 16 heavy (non-hydrogen) atoms. The highest BCUT2D eigenvalue weighted by Crippen LogP contribution is 2.31. The van der Waals surface area contributed by atoms with Crippen LogP contribution in [0.15, 0.2) is 24.3 Å². The van der Waals surface area contributed by atoms with Crippen molar-refractivity contribution in [1.82, 2.24) is 0 Å². The summed E-state index contributed by atoms with van der Waals surface area (Å²) in [6.45, 7) is 5.39. The molecule has 0 saturated heterocycles. The summed E-state index contributed by atoms with van der Waals surface area (Å²) in [6, 6.07) is 9.94. The van der Waals surface area contributed by atoms with Crippen LogP contribution >= 0.6 is 0 Å². The van der Waals surface area contributed by atoms with Crippen molar-refractivity contribution in [1.29, 1.82) is 0 Å². The number of hydrogen-bond donors (Lipinski definition) is 1. The number of rotatable bonds is 5. The van der Waals surface area contributed by atoms with Gasteiger partial charge in [-0.2, -0.15) is 0 Å². The van der Waals surface area contributed by atoms with E-state index in [9.17, 15) is 0 Å². The zero-order valence-electron chi connectivity index (χ0n) is 10.3. The number of nitrogens with two attached hydrogens (primary N) is 1. The van der Waals surface area contributed by atoms with E-state index in [4.69, 9.17) is 5.73 Å². The fourth-order valence-electron chi connectivity index (χ4n) is 2.23. The Kier molecular flexibility index (Phi) is 3.49. The highest BCUT2D eigenvalue weighted by atomic mass is 15.2. The van der Waals surface area contributed by atoms with Crippen molar-refractivity contribution in [3.63, 3.8) is 0 Å². The summed E-state index contributed by atoms with van der Waals surface area (Å²) in [4.78, 5) is 2.50. The lowest BCUT2D eigenvalue weighted by Crippen LogP contribution is -2.25. The maximum absolute atomic E-state index is 5.80. The summed E-state index contributed by atoms with van der Waals surface area (Å²) in [5.41, 5.74) is 8.49. The third kappa shape index (κ3) is 2.76. The molecule has 0 heterocycles. The van der Waals surface area contributed by atoms with Gasteiger partial charge >= 0.3 is 0 Å². The molecule has 0 spiro atoms. The lowest BCUT2D eigenvalue weighted by atomic mass is 10.1. The van der Waals surface area contributed by atoms with Gasteiger partial charge < -0.3 is 10.6 Å². The van der Waals surface area contributed by atoms with Crippen LogP contribution in [0.4, 0.5) is 5.69 Å². The Balaban J connectivity index is 2.05. The number of anilines is 1. The van der Waals surface area contributed by atoms with Crippen LogP contribution in [0.3, 0.4) is 0 Å². The molecule has 1 atom stereocenters. The molecule has 0 bridgehead atoms. The Morgan fingerprint density at radius 1 is 1.31 bits per heavy atom. The smallest absolute Gasteiger partial charge is 0.0368 e. The predicted molar refractivity (Wildman–Crippen MR) is 69.8 cm³/mol. The summed E-state index contributed by atoms with van der Waals surface area (Å²) >= 11 is 0. The summed E-state index contributed by atoms with van der Waals surface area (Å²) in [7, 11) is 0. The van der Waals surface area contributed by atoms with Gasteiger partial charge in [-0.1, -0.05) is 12.1 Å². The summed E-state index contributed by atoms with van der Waals surface area (Å²) in [5, 5.41) is 0. The van der Waals surface area contributed by atoms with Crippen LogP contribution in [0.1, 0.15) is 32.3 Å². The quantitative estimate of drug-likeness (QED) is 0.823. The first-order valence-electron chi connectivity index (χ1n) is 6.32. The van der Waals surface area contributed by atoms with E-state index < -0.39 is 0 Å². The Hall–Kier alpha value is -1.02. The third-order valence-corrected chi connectivity index (χ3v) is 3.15. The van der Waals surface area contributed by atoms with Crippen molar-refractivity contribution in [3.8, 4) is 0 Å². The molecule has 1 fully saturated rings. The van der Waals surface area contributed by atoms with Crippen LogP contribution in [0.5, 0.6) is 0 Å². The minimum Gasteiger partial charge on any atom is -0.369 e. The van der Waals surface area contributed by atoms with E-state index in [1.807, 2.05) is 0 Å². The Labute approximate surface area is 98.4 Å². The van der Waals surface area contributed by atoms with Gasteiger partial charge in [0, 0.05) is 24.3 Å². The molecule has 2 N–H and O–H groups in total. The molecule has 1 aromatic carbocycles. The SMILES string of the molecule is CCN(c1ccc(CC(C)N)cc1)C1CC1. The van der Waals surface area contributed by atoms with Gasteiger partial charge in [0.2, 0.25) is 0 Å². The fourth-order valence-corrected chi connectivity index (χ4v) is 2.23. The molecule has 1 aliphatic carbocycles. The molecule has 1 unspecified atom stereocenters. The van der Waals surface area contributed by atoms with Gasteiger partial charge in [-0.25, -0.2) is 0 Å². The molecule has 2 rings (SSSR count). The van der Waals surface area contributed by atoms with Crippen LogP contribution in [0.25, 0.3) is 0 Å². The molecule has 2 nitrogen and oxygen atoms in total. The second kappa shape index (κ2) is 4.88. The Morgan fingerprint density at radius 3 is 2.38 bits per heavy atom. The summed E-state index contributed by atoms with van der Waals surface area (Å²) in [5.74, 6) is 0. The van der Waals surface area contributed by atoms with Gasteiger partial charge in [0.15, 0.2) is 0 Å². The monoisotopic (exact) mass is 218 g/mol. The van der Waals surface area contributed by atoms with E-state index in [2.05, 4.69) is 43.0 Å². The first kappa shape index (κ1) is 11.5. The molecule has 1 aliphatic rings. The van der Waals surface area contributed by atoms with Gasteiger partial charge in [0.25, 0.3) is 0 Å². The molecule has 0 aromatic heterocycles. The fraction of sp³-hybridized carbons (Fsp3) is 0.571. The molecular formula is C14H22N2. The first-order valence-corrected chi connectivity index (χ1v) is 6.32. The average molecular weight is 218 g/mol.